The number of hydrogen-bond donors (Lipinski definition) is 1. The van der Waals surface area contributed by atoms with Gasteiger partial charge in [0.15, 0.2) is 5.82 Å². The number of nitrogen functional groups attached to an aromatic ring is 1. The number of thiophene rings is 1. The monoisotopic (exact) mass is 278 g/mol. The first-order valence-corrected chi connectivity index (χ1v) is 7.53. The van der Waals surface area contributed by atoms with Crippen molar-refractivity contribution in [1.82, 2.24) is 9.78 Å². The molecule has 4 nitrogen and oxygen atoms in total. The fourth-order valence-electron chi connectivity index (χ4n) is 2.23. The summed E-state index contributed by atoms with van der Waals surface area (Å²) < 4.78 is 2.02. The van der Waals surface area contributed by atoms with Crippen LogP contribution in [0.3, 0.4) is 0 Å². The number of rotatable bonds is 5. The summed E-state index contributed by atoms with van der Waals surface area (Å²) in [7, 11) is 2.09. The summed E-state index contributed by atoms with van der Waals surface area (Å²) in [4.78, 5) is 3.56. The Kier molecular flexibility index (Phi) is 4.14. The first-order chi connectivity index (χ1) is 9.06. The first-order valence-electron chi connectivity index (χ1n) is 6.65. The normalized spacial score (nSPS) is 12.6. The summed E-state index contributed by atoms with van der Waals surface area (Å²) in [5, 5.41) is 6.65. The van der Waals surface area contributed by atoms with E-state index in [4.69, 9.17) is 5.73 Å². The Morgan fingerprint density at radius 3 is 2.84 bits per heavy atom. The van der Waals surface area contributed by atoms with E-state index in [-0.39, 0.29) is 0 Å². The minimum absolute atomic E-state index is 0.300. The molecule has 0 saturated carbocycles. The third-order valence-electron chi connectivity index (χ3n) is 3.45. The van der Waals surface area contributed by atoms with E-state index in [2.05, 4.69) is 48.4 Å². The van der Waals surface area contributed by atoms with Gasteiger partial charge in [-0.3, -0.25) is 0 Å². The summed E-state index contributed by atoms with van der Waals surface area (Å²) in [5.41, 5.74) is 7.91. The fourth-order valence-corrected chi connectivity index (χ4v) is 3.05. The lowest BCUT2D eigenvalue weighted by atomic mass is 10.2. The van der Waals surface area contributed by atoms with E-state index in [0.717, 1.165) is 30.2 Å². The summed E-state index contributed by atoms with van der Waals surface area (Å²) in [6, 6.07) is 4.55. The van der Waals surface area contributed by atoms with Gasteiger partial charge in [0.1, 0.15) is 0 Å². The predicted octanol–water partition coefficient (Wildman–Crippen LogP) is 3.44. The Morgan fingerprint density at radius 2 is 2.26 bits per heavy atom. The molecule has 1 unspecified atom stereocenters. The number of aromatic nitrogens is 2. The molecule has 0 aliphatic rings. The fraction of sp³-hybridized carbons (Fsp3) is 0.500. The van der Waals surface area contributed by atoms with Gasteiger partial charge in [0.25, 0.3) is 0 Å². The smallest absolute Gasteiger partial charge is 0.150 e. The minimum atomic E-state index is 0.300. The van der Waals surface area contributed by atoms with Gasteiger partial charge in [0.05, 0.1) is 17.4 Å². The lowest BCUT2D eigenvalue weighted by Gasteiger charge is -2.27. The van der Waals surface area contributed by atoms with Crippen LogP contribution in [0.15, 0.2) is 17.5 Å². The van der Waals surface area contributed by atoms with Crippen molar-refractivity contribution < 1.29 is 0 Å². The van der Waals surface area contributed by atoms with Crippen molar-refractivity contribution in [2.75, 3.05) is 17.7 Å². The van der Waals surface area contributed by atoms with Crippen molar-refractivity contribution >= 4 is 22.8 Å². The van der Waals surface area contributed by atoms with Crippen LogP contribution in [-0.2, 0) is 6.54 Å². The van der Waals surface area contributed by atoms with Crippen LogP contribution in [-0.4, -0.2) is 16.8 Å². The van der Waals surface area contributed by atoms with E-state index in [1.807, 2.05) is 11.6 Å². The standard InChI is InChI=1S/C14H22N4S/c1-5-8-18-14(13(15)10(2)16-18)17(4)11(3)12-7-6-9-19-12/h6-7,9,11H,5,8,15H2,1-4H3. The second-order valence-corrected chi connectivity index (χ2v) is 5.83. The molecular formula is C14H22N4S. The van der Waals surface area contributed by atoms with Crippen molar-refractivity contribution in [3.63, 3.8) is 0 Å². The zero-order chi connectivity index (χ0) is 14.0. The Balaban J connectivity index is 2.35. The molecule has 2 aromatic rings. The average Bonchev–Trinajstić information content (AvgIpc) is 2.99. The lowest BCUT2D eigenvalue weighted by Crippen LogP contribution is -2.25. The minimum Gasteiger partial charge on any atom is -0.394 e. The molecular weight excluding hydrogens is 256 g/mol. The Labute approximate surface area is 118 Å². The second-order valence-electron chi connectivity index (χ2n) is 4.85. The van der Waals surface area contributed by atoms with Crippen LogP contribution in [0.4, 0.5) is 11.5 Å². The molecule has 0 amide bonds. The zero-order valence-corrected chi connectivity index (χ0v) is 12.9. The summed E-state index contributed by atoms with van der Waals surface area (Å²) >= 11 is 1.77. The van der Waals surface area contributed by atoms with Gasteiger partial charge < -0.3 is 10.6 Å². The maximum Gasteiger partial charge on any atom is 0.150 e. The third-order valence-corrected chi connectivity index (χ3v) is 4.49. The maximum absolute atomic E-state index is 6.20. The maximum atomic E-state index is 6.20. The molecule has 0 saturated heterocycles. The highest BCUT2D eigenvalue weighted by atomic mass is 32.1. The highest BCUT2D eigenvalue weighted by Gasteiger charge is 2.21. The van der Waals surface area contributed by atoms with Crippen LogP contribution in [0.5, 0.6) is 0 Å². The predicted molar refractivity (Wildman–Crippen MR) is 82.8 cm³/mol. The molecule has 1 atom stereocenters. The SMILES string of the molecule is CCCn1nc(C)c(N)c1N(C)C(C)c1cccs1. The van der Waals surface area contributed by atoms with Crippen LogP contribution in [0.2, 0.25) is 0 Å². The van der Waals surface area contributed by atoms with E-state index in [0.29, 0.717) is 6.04 Å². The molecule has 0 radical (unpaired) electrons. The highest BCUT2D eigenvalue weighted by molar-refractivity contribution is 7.10. The van der Waals surface area contributed by atoms with Crippen molar-refractivity contribution in [3.8, 4) is 0 Å². The molecule has 0 bridgehead atoms. The Hall–Kier alpha value is -1.49. The average molecular weight is 278 g/mol. The van der Waals surface area contributed by atoms with Crippen LogP contribution in [0.25, 0.3) is 0 Å². The Bertz CT molecular complexity index is 530. The van der Waals surface area contributed by atoms with Gasteiger partial charge in [-0.15, -0.1) is 11.3 Å². The highest BCUT2D eigenvalue weighted by Crippen LogP contribution is 2.33. The van der Waals surface area contributed by atoms with Crippen molar-refractivity contribution in [3.05, 3.63) is 28.1 Å². The van der Waals surface area contributed by atoms with Gasteiger partial charge in [0, 0.05) is 18.5 Å². The summed E-state index contributed by atoms with van der Waals surface area (Å²) in [6.07, 6.45) is 1.05. The van der Waals surface area contributed by atoms with Gasteiger partial charge in [-0.25, -0.2) is 4.68 Å². The van der Waals surface area contributed by atoms with Gasteiger partial charge in [-0.1, -0.05) is 13.0 Å². The summed E-state index contributed by atoms with van der Waals surface area (Å²) in [5.74, 6) is 1.03. The molecule has 2 aromatic heterocycles. The molecule has 0 fully saturated rings. The molecule has 5 heteroatoms. The van der Waals surface area contributed by atoms with Crippen LogP contribution in [0.1, 0.15) is 36.9 Å². The first kappa shape index (κ1) is 13.9. The quantitative estimate of drug-likeness (QED) is 0.911. The van der Waals surface area contributed by atoms with E-state index in [9.17, 15) is 0 Å². The number of nitrogens with two attached hydrogens (primary N) is 1. The van der Waals surface area contributed by atoms with Crippen LogP contribution < -0.4 is 10.6 Å². The van der Waals surface area contributed by atoms with Gasteiger partial charge in [-0.05, 0) is 31.7 Å². The summed E-state index contributed by atoms with van der Waals surface area (Å²) in [6.45, 7) is 7.22. The van der Waals surface area contributed by atoms with E-state index in [1.54, 1.807) is 11.3 Å². The van der Waals surface area contributed by atoms with Crippen molar-refractivity contribution in [2.45, 2.75) is 39.8 Å². The lowest BCUT2D eigenvalue weighted by molar-refractivity contribution is 0.580. The largest absolute Gasteiger partial charge is 0.394 e. The van der Waals surface area contributed by atoms with Gasteiger partial charge >= 0.3 is 0 Å². The van der Waals surface area contributed by atoms with Crippen molar-refractivity contribution in [1.29, 1.82) is 0 Å². The topological polar surface area (TPSA) is 47.1 Å². The number of aryl methyl sites for hydroxylation is 2. The molecule has 0 spiro atoms. The number of hydrogen-bond acceptors (Lipinski definition) is 4. The molecule has 0 aromatic carbocycles. The Morgan fingerprint density at radius 1 is 1.53 bits per heavy atom. The van der Waals surface area contributed by atoms with Crippen molar-refractivity contribution in [2.24, 2.45) is 0 Å². The molecule has 2 rings (SSSR count). The van der Waals surface area contributed by atoms with Gasteiger partial charge in [0.2, 0.25) is 0 Å². The molecule has 0 aliphatic carbocycles. The molecule has 0 aliphatic heterocycles. The van der Waals surface area contributed by atoms with Crippen LogP contribution >= 0.6 is 11.3 Å². The molecule has 19 heavy (non-hydrogen) atoms. The number of anilines is 2. The zero-order valence-electron chi connectivity index (χ0n) is 12.1. The second kappa shape index (κ2) is 5.65. The third kappa shape index (κ3) is 2.61. The van der Waals surface area contributed by atoms with E-state index in [1.165, 1.54) is 4.88 Å². The van der Waals surface area contributed by atoms with Gasteiger partial charge in [-0.2, -0.15) is 5.10 Å². The number of nitrogens with zero attached hydrogens (tertiary/aromatic N) is 3. The van der Waals surface area contributed by atoms with E-state index >= 15 is 0 Å². The molecule has 2 heterocycles. The molecule has 2 N–H and O–H groups in total. The molecule has 104 valence electrons. The van der Waals surface area contributed by atoms with E-state index < -0.39 is 0 Å². The van der Waals surface area contributed by atoms with Crippen LogP contribution in [0, 0.1) is 6.92 Å².